The Morgan fingerprint density at radius 3 is 2.57 bits per heavy atom. The lowest BCUT2D eigenvalue weighted by Crippen LogP contribution is -2.03. The molecule has 0 rings (SSSR count). The van der Waals surface area contributed by atoms with Crippen LogP contribution in [0.2, 0.25) is 0 Å². The molecular formula is C5H9O2. The maximum absolute atomic E-state index is 9.49. The number of hydrogen-bond acceptors (Lipinski definition) is 2. The van der Waals surface area contributed by atoms with Gasteiger partial charge in [0.15, 0.2) is 0 Å². The highest BCUT2D eigenvalue weighted by molar-refractivity contribution is 5.50. The second-order valence-corrected chi connectivity index (χ2v) is 1.41. The average molecular weight is 101 g/mol. The molecule has 0 saturated heterocycles. The third-order valence-corrected chi connectivity index (χ3v) is 0.790. The van der Waals surface area contributed by atoms with Gasteiger partial charge in [0, 0.05) is 6.42 Å². The summed E-state index contributed by atoms with van der Waals surface area (Å²) in [6, 6.07) is 0. The molecule has 0 aliphatic heterocycles. The van der Waals surface area contributed by atoms with Crippen molar-refractivity contribution in [3.05, 3.63) is 0 Å². The molecular weight excluding hydrogens is 92.1 g/mol. The van der Waals surface area contributed by atoms with Gasteiger partial charge in [-0.15, -0.1) is 0 Å². The van der Waals surface area contributed by atoms with Crippen LogP contribution in [0.5, 0.6) is 0 Å². The van der Waals surface area contributed by atoms with Crippen molar-refractivity contribution in [3.63, 3.8) is 0 Å². The summed E-state index contributed by atoms with van der Waals surface area (Å²) >= 11 is 0. The predicted molar refractivity (Wildman–Crippen MR) is 26.6 cm³/mol. The lowest BCUT2D eigenvalue weighted by molar-refractivity contribution is 0.177. The van der Waals surface area contributed by atoms with E-state index in [-0.39, 0.29) is 6.42 Å². The maximum atomic E-state index is 9.49. The van der Waals surface area contributed by atoms with Gasteiger partial charge in [-0.2, -0.15) is 0 Å². The summed E-state index contributed by atoms with van der Waals surface area (Å²) in [6.45, 7) is 1.82. The van der Waals surface area contributed by atoms with Gasteiger partial charge in [-0.1, -0.05) is 6.92 Å². The summed E-state index contributed by atoms with van der Waals surface area (Å²) in [5, 5.41) is 8.60. The van der Waals surface area contributed by atoms with Gasteiger partial charge in [0.25, 0.3) is 0 Å². The van der Waals surface area contributed by atoms with E-state index < -0.39 is 6.10 Å². The summed E-state index contributed by atoms with van der Waals surface area (Å²) < 4.78 is 0. The van der Waals surface area contributed by atoms with E-state index in [0.717, 1.165) is 0 Å². The van der Waals surface area contributed by atoms with Crippen LogP contribution in [0.1, 0.15) is 19.8 Å². The fourth-order valence-corrected chi connectivity index (χ4v) is 0.241. The third-order valence-electron chi connectivity index (χ3n) is 0.790. The maximum Gasteiger partial charge on any atom is 0.201 e. The van der Waals surface area contributed by atoms with Gasteiger partial charge in [-0.05, 0) is 6.42 Å². The van der Waals surface area contributed by atoms with Crippen LogP contribution in [0, 0.1) is 0 Å². The largest absolute Gasteiger partial charge is 0.393 e. The van der Waals surface area contributed by atoms with Crippen molar-refractivity contribution in [1.82, 2.24) is 0 Å². The molecule has 0 fully saturated rings. The Morgan fingerprint density at radius 2 is 2.43 bits per heavy atom. The van der Waals surface area contributed by atoms with Crippen molar-refractivity contribution in [3.8, 4) is 0 Å². The fourth-order valence-electron chi connectivity index (χ4n) is 0.241. The highest BCUT2D eigenvalue weighted by Gasteiger charge is 1.96. The SMILES string of the molecule is CC[C@@H](O)C[C]=O. The molecule has 0 spiro atoms. The Morgan fingerprint density at radius 1 is 1.86 bits per heavy atom. The van der Waals surface area contributed by atoms with Crippen molar-refractivity contribution in [2.45, 2.75) is 25.9 Å². The normalized spacial score (nSPS) is 13.4. The fraction of sp³-hybridized carbons (Fsp3) is 0.800. The van der Waals surface area contributed by atoms with Gasteiger partial charge in [0.2, 0.25) is 6.29 Å². The average Bonchev–Trinajstić information content (AvgIpc) is 1.68. The Balaban J connectivity index is 2.98. The highest BCUT2D eigenvalue weighted by atomic mass is 16.3. The molecule has 2 heteroatoms. The van der Waals surface area contributed by atoms with Gasteiger partial charge in [-0.3, -0.25) is 4.79 Å². The molecule has 41 valence electrons. The molecule has 0 aromatic carbocycles. The van der Waals surface area contributed by atoms with Crippen LogP contribution in [-0.2, 0) is 4.79 Å². The summed E-state index contributed by atoms with van der Waals surface area (Å²) in [5.41, 5.74) is 0. The van der Waals surface area contributed by atoms with E-state index in [1.165, 1.54) is 0 Å². The van der Waals surface area contributed by atoms with E-state index in [0.29, 0.717) is 6.42 Å². The number of aliphatic hydroxyl groups excluding tert-OH is 1. The minimum atomic E-state index is -0.475. The van der Waals surface area contributed by atoms with Gasteiger partial charge in [-0.25, -0.2) is 0 Å². The van der Waals surface area contributed by atoms with Crippen LogP contribution in [0.25, 0.3) is 0 Å². The first-order valence-electron chi connectivity index (χ1n) is 2.34. The molecule has 1 radical (unpaired) electrons. The summed E-state index contributed by atoms with van der Waals surface area (Å²) in [7, 11) is 0. The monoisotopic (exact) mass is 101 g/mol. The molecule has 7 heavy (non-hydrogen) atoms. The standard InChI is InChI=1S/C5H9O2/c1-2-5(7)3-4-6/h5,7H,2-3H2,1H3/t5-/m1/s1. The van der Waals surface area contributed by atoms with Crippen LogP contribution in [0.4, 0.5) is 0 Å². The lowest BCUT2D eigenvalue weighted by Gasteiger charge is -1.96. The quantitative estimate of drug-likeness (QED) is 0.553. The highest BCUT2D eigenvalue weighted by Crippen LogP contribution is 1.90. The summed E-state index contributed by atoms with van der Waals surface area (Å²) in [4.78, 5) is 9.49. The van der Waals surface area contributed by atoms with Crippen molar-refractivity contribution < 1.29 is 9.90 Å². The van der Waals surface area contributed by atoms with Crippen molar-refractivity contribution >= 4 is 6.29 Å². The zero-order valence-corrected chi connectivity index (χ0v) is 4.35. The Bertz CT molecular complexity index is 52.0. The molecule has 0 heterocycles. The van der Waals surface area contributed by atoms with E-state index in [4.69, 9.17) is 5.11 Å². The molecule has 1 N–H and O–H groups in total. The molecule has 0 saturated carbocycles. The Hall–Kier alpha value is -0.370. The summed E-state index contributed by atoms with van der Waals surface area (Å²) in [6.07, 6.45) is 1.93. The zero-order valence-electron chi connectivity index (χ0n) is 4.35. The molecule has 0 aromatic rings. The first-order valence-corrected chi connectivity index (χ1v) is 2.34. The zero-order chi connectivity index (χ0) is 5.70. The summed E-state index contributed by atoms with van der Waals surface area (Å²) in [5.74, 6) is 0. The second-order valence-electron chi connectivity index (χ2n) is 1.41. The number of hydrogen-bond donors (Lipinski definition) is 1. The van der Waals surface area contributed by atoms with Crippen LogP contribution < -0.4 is 0 Å². The third kappa shape index (κ3) is 3.46. The molecule has 0 aromatic heterocycles. The van der Waals surface area contributed by atoms with Crippen LogP contribution in [-0.4, -0.2) is 17.5 Å². The molecule has 0 unspecified atom stereocenters. The minimum absolute atomic E-state index is 0.149. The molecule has 0 bridgehead atoms. The van der Waals surface area contributed by atoms with Crippen LogP contribution in [0.15, 0.2) is 0 Å². The minimum Gasteiger partial charge on any atom is -0.393 e. The van der Waals surface area contributed by atoms with E-state index in [1.54, 1.807) is 6.29 Å². The Kier molecular flexibility index (Phi) is 3.61. The van der Waals surface area contributed by atoms with Crippen LogP contribution >= 0.6 is 0 Å². The molecule has 0 aliphatic rings. The molecule has 0 amide bonds. The van der Waals surface area contributed by atoms with E-state index in [2.05, 4.69) is 0 Å². The lowest BCUT2D eigenvalue weighted by atomic mass is 10.2. The van der Waals surface area contributed by atoms with Gasteiger partial charge >= 0.3 is 0 Å². The van der Waals surface area contributed by atoms with E-state index >= 15 is 0 Å². The number of aliphatic hydroxyl groups is 1. The topological polar surface area (TPSA) is 37.3 Å². The van der Waals surface area contributed by atoms with Crippen molar-refractivity contribution in [2.75, 3.05) is 0 Å². The van der Waals surface area contributed by atoms with E-state index in [1.807, 2.05) is 6.92 Å². The number of carbonyl (C=O) groups excluding carboxylic acids is 1. The van der Waals surface area contributed by atoms with Gasteiger partial charge in [0.05, 0.1) is 6.10 Å². The van der Waals surface area contributed by atoms with Crippen molar-refractivity contribution in [2.24, 2.45) is 0 Å². The predicted octanol–water partition coefficient (Wildman–Crippen LogP) is 0.257. The van der Waals surface area contributed by atoms with Crippen molar-refractivity contribution in [1.29, 1.82) is 0 Å². The first-order chi connectivity index (χ1) is 3.31. The van der Waals surface area contributed by atoms with E-state index in [9.17, 15) is 4.79 Å². The Labute approximate surface area is 43.2 Å². The second kappa shape index (κ2) is 3.81. The number of rotatable bonds is 3. The smallest absolute Gasteiger partial charge is 0.201 e. The van der Waals surface area contributed by atoms with Crippen LogP contribution in [0.3, 0.4) is 0 Å². The first kappa shape index (κ1) is 6.63. The van der Waals surface area contributed by atoms with Gasteiger partial charge in [0.1, 0.15) is 0 Å². The molecule has 2 nitrogen and oxygen atoms in total. The van der Waals surface area contributed by atoms with Gasteiger partial charge < -0.3 is 5.11 Å². The molecule has 1 atom stereocenters. The molecule has 0 aliphatic carbocycles.